The van der Waals surface area contributed by atoms with Crippen molar-refractivity contribution in [3.05, 3.63) is 0 Å². The highest BCUT2D eigenvalue weighted by Crippen LogP contribution is 2.01. The first-order valence-corrected chi connectivity index (χ1v) is 11.4. The van der Waals surface area contributed by atoms with E-state index in [-0.39, 0.29) is 36.4 Å². The maximum absolute atomic E-state index is 12.4. The zero-order chi connectivity index (χ0) is 21.0. The monoisotopic (exact) mass is 406 g/mol. The quantitative estimate of drug-likeness (QED) is 0.404. The van der Waals surface area contributed by atoms with E-state index in [2.05, 4.69) is 0 Å². The fourth-order valence-corrected chi connectivity index (χ4v) is 3.75. The third-order valence-corrected chi connectivity index (χ3v) is 5.84. The summed E-state index contributed by atoms with van der Waals surface area (Å²) in [6.45, 7) is 6.55. The molecule has 0 bridgehead atoms. The lowest BCUT2D eigenvalue weighted by Gasteiger charge is -2.24. The highest BCUT2D eigenvalue weighted by atomic mass is 32.2. The summed E-state index contributed by atoms with van der Waals surface area (Å²) >= 11 is 0. The molecule has 0 unspecified atom stereocenters. The van der Waals surface area contributed by atoms with Crippen LogP contribution in [0.3, 0.4) is 0 Å². The number of rotatable bonds is 14. The van der Waals surface area contributed by atoms with Crippen molar-refractivity contribution < 1.29 is 18.0 Å². The van der Waals surface area contributed by atoms with Crippen LogP contribution in [0.4, 0.5) is 0 Å². The predicted molar refractivity (Wildman–Crippen MR) is 110 cm³/mol. The van der Waals surface area contributed by atoms with Crippen LogP contribution in [-0.2, 0) is 19.4 Å². The van der Waals surface area contributed by atoms with Crippen LogP contribution in [-0.4, -0.2) is 119 Å². The first-order chi connectivity index (χ1) is 12.5. The van der Waals surface area contributed by atoms with E-state index < -0.39 is 9.84 Å². The summed E-state index contributed by atoms with van der Waals surface area (Å²) in [5, 5.41) is 0. The molecule has 0 atom stereocenters. The Labute approximate surface area is 165 Å². The van der Waals surface area contributed by atoms with Crippen LogP contribution < -0.4 is 0 Å². The molecule has 0 aliphatic carbocycles. The van der Waals surface area contributed by atoms with Gasteiger partial charge in [0.15, 0.2) is 9.84 Å². The topological polar surface area (TPSA) is 81.2 Å². The largest absolute Gasteiger partial charge is 0.348 e. The third-order valence-electron chi connectivity index (χ3n) is 4.23. The van der Waals surface area contributed by atoms with Crippen LogP contribution >= 0.6 is 0 Å². The van der Waals surface area contributed by atoms with Gasteiger partial charge in [-0.3, -0.25) is 19.4 Å². The van der Waals surface area contributed by atoms with Crippen molar-refractivity contribution in [1.82, 2.24) is 19.6 Å². The number of nitrogens with zero attached hydrogens (tertiary/aromatic N) is 4. The average molecular weight is 407 g/mol. The summed E-state index contributed by atoms with van der Waals surface area (Å²) < 4.78 is 24.9. The van der Waals surface area contributed by atoms with Crippen molar-refractivity contribution in [2.75, 3.05) is 79.0 Å². The van der Waals surface area contributed by atoms with Gasteiger partial charge in [-0.15, -0.1) is 0 Å². The molecule has 0 aromatic carbocycles. The zero-order valence-electron chi connectivity index (χ0n) is 17.9. The van der Waals surface area contributed by atoms with Crippen molar-refractivity contribution in [3.8, 4) is 0 Å². The minimum atomic E-state index is -3.25. The summed E-state index contributed by atoms with van der Waals surface area (Å²) in [5.74, 6) is -0.0146. The second kappa shape index (κ2) is 13.1. The van der Waals surface area contributed by atoms with Gasteiger partial charge < -0.3 is 9.80 Å². The first kappa shape index (κ1) is 25.8. The highest BCUT2D eigenvalue weighted by Gasteiger charge is 2.19. The number of hydrogen-bond donors (Lipinski definition) is 0. The van der Waals surface area contributed by atoms with Gasteiger partial charge in [-0.25, -0.2) is 8.42 Å². The van der Waals surface area contributed by atoms with Crippen molar-refractivity contribution in [2.24, 2.45) is 0 Å². The summed E-state index contributed by atoms with van der Waals surface area (Å²) in [7, 11) is 3.53. The number of carbonyl (C=O) groups is 2. The summed E-state index contributed by atoms with van der Waals surface area (Å²) in [4.78, 5) is 30.6. The molecule has 0 aromatic rings. The van der Waals surface area contributed by atoms with Crippen LogP contribution in [0, 0.1) is 0 Å². The van der Waals surface area contributed by atoms with Crippen LogP contribution in [0.5, 0.6) is 0 Å². The van der Waals surface area contributed by atoms with E-state index in [9.17, 15) is 18.0 Å². The molecular weight excluding hydrogens is 368 g/mol. The minimum absolute atomic E-state index is 0.0231. The van der Waals surface area contributed by atoms with Gasteiger partial charge in [-0.2, -0.15) is 0 Å². The van der Waals surface area contributed by atoms with E-state index in [1.54, 1.807) is 28.2 Å². The Hall–Kier alpha value is -1.19. The van der Waals surface area contributed by atoms with Crippen LogP contribution in [0.25, 0.3) is 0 Å². The van der Waals surface area contributed by atoms with E-state index in [0.29, 0.717) is 26.2 Å². The standard InChI is InChI=1S/C18H38N4O4S/c1-7-9-21(15-17(23)19(3)4)11-13-27(25,26)14-12-22(10-8-2)16-18(24)20(5)6/h7-16H2,1-6H3. The molecule has 0 aliphatic rings. The smallest absolute Gasteiger partial charge is 0.236 e. The lowest BCUT2D eigenvalue weighted by Crippen LogP contribution is -2.41. The molecule has 27 heavy (non-hydrogen) atoms. The fourth-order valence-electron chi connectivity index (χ4n) is 2.48. The molecule has 0 saturated carbocycles. The molecule has 9 heteroatoms. The molecule has 0 N–H and O–H groups in total. The maximum Gasteiger partial charge on any atom is 0.236 e. The van der Waals surface area contributed by atoms with E-state index >= 15 is 0 Å². The fraction of sp³-hybridized carbons (Fsp3) is 0.889. The SMILES string of the molecule is CCCN(CCS(=O)(=O)CCN(CCC)CC(=O)N(C)C)CC(=O)N(C)C. The lowest BCUT2D eigenvalue weighted by atomic mass is 10.4. The predicted octanol–water partition coefficient (Wildman–Crippen LogP) is 0.00160. The second-order valence-electron chi connectivity index (χ2n) is 7.28. The molecule has 0 saturated heterocycles. The summed E-state index contributed by atoms with van der Waals surface area (Å²) in [5.41, 5.74) is 0. The third kappa shape index (κ3) is 12.0. The van der Waals surface area contributed by atoms with Crippen molar-refractivity contribution in [3.63, 3.8) is 0 Å². The van der Waals surface area contributed by atoms with Gasteiger partial charge in [0.1, 0.15) is 0 Å². The van der Waals surface area contributed by atoms with Gasteiger partial charge in [0.2, 0.25) is 11.8 Å². The number of carbonyl (C=O) groups excluding carboxylic acids is 2. The minimum Gasteiger partial charge on any atom is -0.348 e. The highest BCUT2D eigenvalue weighted by molar-refractivity contribution is 7.91. The number of sulfone groups is 1. The molecule has 0 heterocycles. The Balaban J connectivity index is 4.65. The Morgan fingerprint density at radius 1 is 0.667 bits per heavy atom. The summed E-state index contributed by atoms with van der Waals surface area (Å²) in [6.07, 6.45) is 1.72. The van der Waals surface area contributed by atoms with E-state index in [1.807, 2.05) is 23.6 Å². The van der Waals surface area contributed by atoms with Crippen molar-refractivity contribution in [2.45, 2.75) is 26.7 Å². The van der Waals surface area contributed by atoms with E-state index in [4.69, 9.17) is 0 Å². The normalized spacial score (nSPS) is 11.9. The van der Waals surface area contributed by atoms with Crippen LogP contribution in [0.2, 0.25) is 0 Å². The molecule has 0 radical (unpaired) electrons. The number of hydrogen-bond acceptors (Lipinski definition) is 6. The summed E-state index contributed by atoms with van der Waals surface area (Å²) in [6, 6.07) is 0. The Morgan fingerprint density at radius 2 is 1.00 bits per heavy atom. The lowest BCUT2D eigenvalue weighted by molar-refractivity contribution is -0.130. The Bertz CT molecular complexity index is 508. The Morgan fingerprint density at radius 3 is 1.26 bits per heavy atom. The average Bonchev–Trinajstić information content (AvgIpc) is 2.57. The molecule has 8 nitrogen and oxygen atoms in total. The molecule has 0 spiro atoms. The second-order valence-corrected chi connectivity index (χ2v) is 9.58. The molecule has 160 valence electrons. The van der Waals surface area contributed by atoms with Gasteiger partial charge in [0.05, 0.1) is 24.6 Å². The van der Waals surface area contributed by atoms with Crippen LogP contribution in [0.1, 0.15) is 26.7 Å². The zero-order valence-corrected chi connectivity index (χ0v) is 18.7. The molecule has 0 rings (SSSR count). The molecular formula is C18H38N4O4S. The van der Waals surface area contributed by atoms with Gasteiger partial charge in [0.25, 0.3) is 0 Å². The van der Waals surface area contributed by atoms with Gasteiger partial charge >= 0.3 is 0 Å². The maximum atomic E-state index is 12.4. The molecule has 2 amide bonds. The Kier molecular flexibility index (Phi) is 12.5. The molecule has 0 fully saturated rings. The van der Waals surface area contributed by atoms with Crippen molar-refractivity contribution in [1.29, 1.82) is 0 Å². The number of amides is 2. The van der Waals surface area contributed by atoms with Gasteiger partial charge in [-0.05, 0) is 25.9 Å². The molecule has 0 aliphatic heterocycles. The van der Waals surface area contributed by atoms with Crippen LogP contribution in [0.15, 0.2) is 0 Å². The number of likely N-dealkylation sites (N-methyl/N-ethyl adjacent to an activating group) is 2. The van der Waals surface area contributed by atoms with E-state index in [1.165, 1.54) is 9.80 Å². The van der Waals surface area contributed by atoms with Crippen molar-refractivity contribution >= 4 is 21.7 Å². The van der Waals surface area contributed by atoms with E-state index in [0.717, 1.165) is 12.8 Å². The van der Waals surface area contributed by atoms with Gasteiger partial charge in [-0.1, -0.05) is 13.8 Å². The van der Waals surface area contributed by atoms with Gasteiger partial charge in [0, 0.05) is 41.3 Å². The first-order valence-electron chi connectivity index (χ1n) is 9.57. The molecule has 0 aromatic heterocycles.